The first kappa shape index (κ1) is 13.1. The Hall–Kier alpha value is -1.39. The number of rotatable bonds is 4. The van der Waals surface area contributed by atoms with Gasteiger partial charge in [0.15, 0.2) is 5.78 Å². The summed E-state index contributed by atoms with van der Waals surface area (Å²) >= 11 is 0. The number of carbonyl (C=O) groups is 1. The minimum absolute atomic E-state index is 0.0683. The number of hydrogen-bond donors (Lipinski definition) is 0. The van der Waals surface area contributed by atoms with E-state index < -0.39 is 0 Å². The Morgan fingerprint density at radius 2 is 2.17 bits per heavy atom. The van der Waals surface area contributed by atoms with E-state index in [9.17, 15) is 4.79 Å². The van der Waals surface area contributed by atoms with Crippen LogP contribution >= 0.6 is 0 Å². The zero-order valence-electron chi connectivity index (χ0n) is 10.9. The lowest BCUT2D eigenvalue weighted by Gasteiger charge is -2.29. The van der Waals surface area contributed by atoms with Crippen molar-refractivity contribution in [3.05, 3.63) is 29.8 Å². The number of likely N-dealkylation sites (N-methyl/N-ethyl adjacent to an activating group) is 1. The molecule has 1 aliphatic heterocycles. The molecule has 1 heterocycles. The van der Waals surface area contributed by atoms with Gasteiger partial charge in [-0.05, 0) is 38.2 Å². The zero-order valence-corrected chi connectivity index (χ0v) is 10.9. The number of morpholine rings is 1. The van der Waals surface area contributed by atoms with Crippen molar-refractivity contribution in [2.75, 3.05) is 33.4 Å². The third kappa shape index (κ3) is 3.55. The van der Waals surface area contributed by atoms with Crippen molar-refractivity contribution in [1.29, 1.82) is 0 Å². The van der Waals surface area contributed by atoms with Gasteiger partial charge in [-0.3, -0.25) is 4.79 Å². The van der Waals surface area contributed by atoms with Crippen LogP contribution < -0.4 is 4.74 Å². The minimum atomic E-state index is 0.0683. The normalized spacial score (nSPS) is 20.7. The molecule has 1 aromatic carbocycles. The Labute approximate surface area is 107 Å². The molecule has 1 aromatic rings. The maximum atomic E-state index is 11.1. The molecule has 0 aliphatic carbocycles. The molecule has 18 heavy (non-hydrogen) atoms. The number of nitrogens with zero attached hydrogens (tertiary/aromatic N) is 1. The average molecular weight is 249 g/mol. The van der Waals surface area contributed by atoms with Crippen LogP contribution in [0.1, 0.15) is 17.3 Å². The highest BCUT2D eigenvalue weighted by atomic mass is 16.5. The van der Waals surface area contributed by atoms with Crippen LogP contribution in [0.15, 0.2) is 24.3 Å². The molecule has 1 saturated heterocycles. The molecule has 0 saturated carbocycles. The summed E-state index contributed by atoms with van der Waals surface area (Å²) in [4.78, 5) is 13.4. The molecule has 0 N–H and O–H groups in total. The number of hydrogen-bond acceptors (Lipinski definition) is 4. The Bertz CT molecular complexity index is 402. The van der Waals surface area contributed by atoms with Crippen LogP contribution in [0, 0.1) is 0 Å². The summed E-state index contributed by atoms with van der Waals surface area (Å²) in [5.74, 6) is 0.843. The number of Topliss-reactive ketones (excluding diaryl/α,β-unsaturated/α-hetero) is 1. The third-order valence-corrected chi connectivity index (χ3v) is 3.04. The predicted molar refractivity (Wildman–Crippen MR) is 69.2 cm³/mol. The fourth-order valence-electron chi connectivity index (χ4n) is 1.94. The average Bonchev–Trinajstić information content (AvgIpc) is 2.37. The van der Waals surface area contributed by atoms with Crippen molar-refractivity contribution in [1.82, 2.24) is 4.90 Å². The standard InChI is InChI=1S/C14H19NO3/c1-11(16)12-3-5-13(6-4-12)18-10-14-9-15(2)7-8-17-14/h3-6,14H,7-10H2,1-2H3. The van der Waals surface area contributed by atoms with Crippen LogP contribution in [0.4, 0.5) is 0 Å². The first-order chi connectivity index (χ1) is 8.65. The van der Waals surface area contributed by atoms with Gasteiger partial charge in [-0.25, -0.2) is 0 Å². The summed E-state index contributed by atoms with van der Waals surface area (Å²) in [7, 11) is 2.08. The molecular formula is C14H19NO3. The van der Waals surface area contributed by atoms with Crippen molar-refractivity contribution >= 4 is 5.78 Å². The van der Waals surface area contributed by atoms with Gasteiger partial charge in [0.05, 0.1) is 6.61 Å². The fourth-order valence-corrected chi connectivity index (χ4v) is 1.94. The number of ether oxygens (including phenoxy) is 2. The first-order valence-corrected chi connectivity index (χ1v) is 6.19. The third-order valence-electron chi connectivity index (χ3n) is 3.04. The minimum Gasteiger partial charge on any atom is -0.491 e. The molecule has 1 atom stereocenters. The smallest absolute Gasteiger partial charge is 0.159 e. The molecule has 0 spiro atoms. The molecule has 0 amide bonds. The van der Waals surface area contributed by atoms with Gasteiger partial charge in [0, 0.05) is 18.7 Å². The second kappa shape index (κ2) is 5.98. The van der Waals surface area contributed by atoms with Crippen LogP contribution in [0.25, 0.3) is 0 Å². The lowest BCUT2D eigenvalue weighted by Crippen LogP contribution is -2.42. The first-order valence-electron chi connectivity index (χ1n) is 6.19. The van der Waals surface area contributed by atoms with Gasteiger partial charge < -0.3 is 14.4 Å². The topological polar surface area (TPSA) is 38.8 Å². The van der Waals surface area contributed by atoms with Crippen molar-refractivity contribution in [3.63, 3.8) is 0 Å². The summed E-state index contributed by atoms with van der Waals surface area (Å²) in [5.41, 5.74) is 0.705. The molecule has 1 unspecified atom stereocenters. The van der Waals surface area contributed by atoms with E-state index in [0.29, 0.717) is 12.2 Å². The molecule has 0 aromatic heterocycles. The Balaban J connectivity index is 1.84. The van der Waals surface area contributed by atoms with E-state index in [1.807, 2.05) is 12.1 Å². The summed E-state index contributed by atoms with van der Waals surface area (Å²) in [6.45, 7) is 4.73. The van der Waals surface area contributed by atoms with E-state index in [2.05, 4.69) is 11.9 Å². The van der Waals surface area contributed by atoms with Gasteiger partial charge in [0.25, 0.3) is 0 Å². The SMILES string of the molecule is CC(=O)c1ccc(OCC2CN(C)CCO2)cc1. The van der Waals surface area contributed by atoms with Crippen LogP contribution in [-0.2, 0) is 4.74 Å². The molecule has 0 radical (unpaired) electrons. The fraction of sp³-hybridized carbons (Fsp3) is 0.500. The highest BCUT2D eigenvalue weighted by Gasteiger charge is 2.18. The van der Waals surface area contributed by atoms with Gasteiger partial charge in [-0.2, -0.15) is 0 Å². The van der Waals surface area contributed by atoms with Crippen LogP contribution in [-0.4, -0.2) is 50.1 Å². The molecule has 0 bridgehead atoms. The van der Waals surface area contributed by atoms with Gasteiger partial charge >= 0.3 is 0 Å². The Morgan fingerprint density at radius 3 is 2.78 bits per heavy atom. The van der Waals surface area contributed by atoms with Gasteiger partial charge in [0.1, 0.15) is 18.5 Å². The van der Waals surface area contributed by atoms with Crippen LogP contribution in [0.2, 0.25) is 0 Å². The maximum Gasteiger partial charge on any atom is 0.159 e. The molecule has 1 fully saturated rings. The van der Waals surface area contributed by atoms with E-state index in [-0.39, 0.29) is 11.9 Å². The second-order valence-electron chi connectivity index (χ2n) is 4.65. The monoisotopic (exact) mass is 249 g/mol. The van der Waals surface area contributed by atoms with Crippen molar-refractivity contribution in [2.45, 2.75) is 13.0 Å². The van der Waals surface area contributed by atoms with Crippen LogP contribution in [0.5, 0.6) is 5.75 Å². The van der Waals surface area contributed by atoms with Gasteiger partial charge in [-0.15, -0.1) is 0 Å². The zero-order chi connectivity index (χ0) is 13.0. The van der Waals surface area contributed by atoms with Gasteiger partial charge in [0.2, 0.25) is 0 Å². The number of ketones is 1. The second-order valence-corrected chi connectivity index (χ2v) is 4.65. The van der Waals surface area contributed by atoms with Crippen LogP contribution in [0.3, 0.4) is 0 Å². The predicted octanol–water partition coefficient (Wildman–Crippen LogP) is 1.60. The summed E-state index contributed by atoms with van der Waals surface area (Å²) in [6.07, 6.45) is 0.122. The van der Waals surface area contributed by atoms with E-state index in [1.54, 1.807) is 19.1 Å². The highest BCUT2D eigenvalue weighted by Crippen LogP contribution is 2.14. The van der Waals surface area contributed by atoms with E-state index >= 15 is 0 Å². The molecule has 4 nitrogen and oxygen atoms in total. The summed E-state index contributed by atoms with van der Waals surface area (Å²) in [6, 6.07) is 7.21. The van der Waals surface area contributed by atoms with Crippen molar-refractivity contribution in [3.8, 4) is 5.75 Å². The highest BCUT2D eigenvalue weighted by molar-refractivity contribution is 5.94. The summed E-state index contributed by atoms with van der Waals surface area (Å²) in [5, 5.41) is 0. The van der Waals surface area contributed by atoms with E-state index in [1.165, 1.54) is 0 Å². The lowest BCUT2D eigenvalue weighted by molar-refractivity contribution is -0.0403. The quantitative estimate of drug-likeness (QED) is 0.760. The molecule has 98 valence electrons. The Kier molecular flexibility index (Phi) is 4.33. The molecular weight excluding hydrogens is 230 g/mol. The molecule has 4 heteroatoms. The van der Waals surface area contributed by atoms with E-state index in [4.69, 9.17) is 9.47 Å². The number of carbonyl (C=O) groups excluding carboxylic acids is 1. The van der Waals surface area contributed by atoms with Crippen molar-refractivity contribution < 1.29 is 14.3 Å². The Morgan fingerprint density at radius 1 is 1.44 bits per heavy atom. The largest absolute Gasteiger partial charge is 0.491 e. The molecule has 1 aliphatic rings. The molecule has 2 rings (SSSR count). The van der Waals surface area contributed by atoms with Gasteiger partial charge in [-0.1, -0.05) is 0 Å². The number of benzene rings is 1. The van der Waals surface area contributed by atoms with Crippen molar-refractivity contribution in [2.24, 2.45) is 0 Å². The van der Waals surface area contributed by atoms with E-state index in [0.717, 1.165) is 25.4 Å². The maximum absolute atomic E-state index is 11.1. The summed E-state index contributed by atoms with van der Waals surface area (Å²) < 4.78 is 11.3. The lowest BCUT2D eigenvalue weighted by atomic mass is 10.1.